The second-order valence-corrected chi connectivity index (χ2v) is 5.43. The first kappa shape index (κ1) is 12.9. The lowest BCUT2D eigenvalue weighted by Gasteiger charge is -2.25. The van der Waals surface area contributed by atoms with E-state index >= 15 is 0 Å². The van der Waals surface area contributed by atoms with Crippen LogP contribution in [0.1, 0.15) is 11.6 Å². The summed E-state index contributed by atoms with van der Waals surface area (Å²) in [6.45, 7) is 0.412. The van der Waals surface area contributed by atoms with Gasteiger partial charge in [-0.2, -0.15) is 5.26 Å². The van der Waals surface area contributed by atoms with Gasteiger partial charge in [0.15, 0.2) is 0 Å². The molecule has 108 valence electrons. The number of aromatic nitrogens is 1. The number of hydrogen-bond donors (Lipinski definition) is 1. The molecule has 0 unspecified atom stereocenters. The minimum absolute atomic E-state index is 0.108. The van der Waals surface area contributed by atoms with Crippen molar-refractivity contribution in [2.24, 2.45) is 5.92 Å². The van der Waals surface area contributed by atoms with Gasteiger partial charge in [0.25, 0.3) is 0 Å². The Balaban J connectivity index is 1.84. The minimum Gasteiger partial charge on any atom is -0.361 e. The van der Waals surface area contributed by atoms with Crippen molar-refractivity contribution in [3.8, 4) is 6.07 Å². The maximum atomic E-state index is 9.51. The molecular weight excluding hydrogens is 274 g/mol. The highest BCUT2D eigenvalue weighted by molar-refractivity contribution is 5.84. The van der Waals surface area contributed by atoms with Crippen LogP contribution >= 0.6 is 0 Å². The Morgan fingerprint density at radius 3 is 2.68 bits per heavy atom. The molecule has 0 saturated carbocycles. The topological polar surface area (TPSA) is 52.0 Å². The van der Waals surface area contributed by atoms with Gasteiger partial charge in [-0.3, -0.25) is 4.84 Å². The highest BCUT2D eigenvalue weighted by Crippen LogP contribution is 2.41. The molecule has 3 aromatic rings. The Morgan fingerprint density at radius 1 is 1.09 bits per heavy atom. The monoisotopic (exact) mass is 289 g/mol. The van der Waals surface area contributed by atoms with E-state index in [1.807, 2.05) is 59.8 Å². The maximum Gasteiger partial charge on any atom is 0.102 e. The molecule has 2 heterocycles. The summed E-state index contributed by atoms with van der Waals surface area (Å²) in [5, 5.41) is 12.5. The van der Waals surface area contributed by atoms with E-state index < -0.39 is 0 Å². The summed E-state index contributed by atoms with van der Waals surface area (Å²) < 4.78 is 0. The number of aromatic amines is 1. The third-order valence-electron chi connectivity index (χ3n) is 4.14. The van der Waals surface area contributed by atoms with Crippen molar-refractivity contribution >= 4 is 16.6 Å². The summed E-state index contributed by atoms with van der Waals surface area (Å²) in [6, 6.07) is 20.4. The van der Waals surface area contributed by atoms with Gasteiger partial charge in [-0.15, -0.1) is 0 Å². The quantitative estimate of drug-likeness (QED) is 0.780. The van der Waals surface area contributed by atoms with Gasteiger partial charge in [-0.1, -0.05) is 36.4 Å². The predicted octanol–water partition coefficient (Wildman–Crippen LogP) is 3.80. The molecule has 1 aliphatic rings. The average Bonchev–Trinajstić information content (AvgIpc) is 3.19. The molecule has 4 heteroatoms. The van der Waals surface area contributed by atoms with Gasteiger partial charge in [0.05, 0.1) is 24.3 Å². The summed E-state index contributed by atoms with van der Waals surface area (Å²) >= 11 is 0. The lowest BCUT2D eigenvalue weighted by Crippen LogP contribution is -2.23. The molecule has 1 saturated heterocycles. The standard InChI is InChI=1S/C18H15N3O/c19-10-13-12-22-21(14-6-2-1-3-7-14)18(13)16-11-20-17-9-5-4-8-15(16)17/h1-9,11,13,18,20H,12H2/t13-,18-/m1/s1. The molecule has 1 aromatic heterocycles. The molecule has 1 fully saturated rings. The van der Waals surface area contributed by atoms with Gasteiger partial charge in [0.1, 0.15) is 6.04 Å². The molecule has 2 atom stereocenters. The van der Waals surface area contributed by atoms with Crippen LogP contribution in [0.4, 0.5) is 5.69 Å². The zero-order valence-corrected chi connectivity index (χ0v) is 11.9. The van der Waals surface area contributed by atoms with Gasteiger partial charge in [0, 0.05) is 22.7 Å². The van der Waals surface area contributed by atoms with Crippen LogP contribution in [0.3, 0.4) is 0 Å². The molecule has 1 N–H and O–H groups in total. The lowest BCUT2D eigenvalue weighted by atomic mass is 9.94. The SMILES string of the molecule is N#C[C@@H]1CON(c2ccccc2)[C@H]1c1c[nH]c2ccccc12. The Kier molecular flexibility index (Phi) is 3.06. The second kappa shape index (κ2) is 5.21. The van der Waals surface area contributed by atoms with Crippen molar-refractivity contribution in [3.05, 3.63) is 66.4 Å². The number of hydrogen-bond acceptors (Lipinski definition) is 3. The largest absolute Gasteiger partial charge is 0.361 e. The molecular formula is C18H15N3O. The Bertz CT molecular complexity index is 834. The van der Waals surface area contributed by atoms with E-state index in [0.717, 1.165) is 22.2 Å². The number of hydroxylamine groups is 1. The number of benzene rings is 2. The Labute approximate surface area is 128 Å². The first-order valence-electron chi connectivity index (χ1n) is 7.31. The fraction of sp³-hybridized carbons (Fsp3) is 0.167. The second-order valence-electron chi connectivity index (χ2n) is 5.43. The number of nitrogens with one attached hydrogen (secondary N) is 1. The van der Waals surface area contributed by atoms with Crippen molar-refractivity contribution in [1.82, 2.24) is 4.98 Å². The summed E-state index contributed by atoms with van der Waals surface area (Å²) in [7, 11) is 0. The number of anilines is 1. The number of fused-ring (bicyclic) bond motifs is 1. The smallest absolute Gasteiger partial charge is 0.102 e. The highest BCUT2D eigenvalue weighted by atomic mass is 16.7. The van der Waals surface area contributed by atoms with E-state index in [4.69, 9.17) is 4.84 Å². The van der Waals surface area contributed by atoms with Crippen molar-refractivity contribution < 1.29 is 4.84 Å². The van der Waals surface area contributed by atoms with Crippen molar-refractivity contribution in [3.63, 3.8) is 0 Å². The zero-order valence-electron chi connectivity index (χ0n) is 11.9. The van der Waals surface area contributed by atoms with E-state index in [1.165, 1.54) is 0 Å². The summed E-state index contributed by atoms with van der Waals surface area (Å²) in [6.07, 6.45) is 1.99. The molecule has 0 spiro atoms. The third kappa shape index (κ3) is 1.95. The Morgan fingerprint density at radius 2 is 1.86 bits per heavy atom. The normalized spacial score (nSPS) is 21.1. The van der Waals surface area contributed by atoms with E-state index in [-0.39, 0.29) is 12.0 Å². The Hall–Kier alpha value is -2.77. The van der Waals surface area contributed by atoms with Crippen molar-refractivity contribution in [2.75, 3.05) is 11.7 Å². The van der Waals surface area contributed by atoms with E-state index in [1.54, 1.807) is 0 Å². The van der Waals surface area contributed by atoms with E-state index in [0.29, 0.717) is 6.61 Å². The van der Waals surface area contributed by atoms with Crippen LogP contribution in [0, 0.1) is 17.2 Å². The number of nitrogens with zero attached hydrogens (tertiary/aromatic N) is 2. The molecule has 4 rings (SSSR count). The van der Waals surface area contributed by atoms with Gasteiger partial charge < -0.3 is 4.98 Å². The minimum atomic E-state index is -0.195. The number of nitriles is 1. The van der Waals surface area contributed by atoms with Crippen molar-refractivity contribution in [1.29, 1.82) is 5.26 Å². The summed E-state index contributed by atoms with van der Waals surface area (Å²) in [4.78, 5) is 9.11. The molecule has 22 heavy (non-hydrogen) atoms. The molecule has 4 nitrogen and oxygen atoms in total. The molecule has 0 bridgehead atoms. The summed E-state index contributed by atoms with van der Waals surface area (Å²) in [5.41, 5.74) is 3.15. The van der Waals surface area contributed by atoms with Crippen LogP contribution in [-0.2, 0) is 4.84 Å². The average molecular weight is 289 g/mol. The maximum absolute atomic E-state index is 9.51. The molecule has 0 amide bonds. The number of rotatable bonds is 2. The zero-order chi connectivity index (χ0) is 14.9. The van der Waals surface area contributed by atoms with Crippen LogP contribution in [0.25, 0.3) is 10.9 Å². The van der Waals surface area contributed by atoms with E-state index in [2.05, 4.69) is 17.1 Å². The van der Waals surface area contributed by atoms with Gasteiger partial charge in [-0.25, -0.2) is 5.06 Å². The number of H-pyrrole nitrogens is 1. The predicted molar refractivity (Wildman–Crippen MR) is 85.0 cm³/mol. The molecule has 0 aliphatic carbocycles. The molecule has 2 aromatic carbocycles. The third-order valence-corrected chi connectivity index (χ3v) is 4.14. The van der Waals surface area contributed by atoms with Crippen LogP contribution in [0.5, 0.6) is 0 Å². The van der Waals surface area contributed by atoms with Crippen LogP contribution < -0.4 is 5.06 Å². The van der Waals surface area contributed by atoms with Crippen molar-refractivity contribution in [2.45, 2.75) is 6.04 Å². The fourth-order valence-electron chi connectivity index (χ4n) is 3.10. The molecule has 0 radical (unpaired) electrons. The van der Waals surface area contributed by atoms with Gasteiger partial charge >= 0.3 is 0 Å². The summed E-state index contributed by atoms with van der Waals surface area (Å²) in [5.74, 6) is -0.195. The lowest BCUT2D eigenvalue weighted by molar-refractivity contribution is 0.156. The number of para-hydroxylation sites is 2. The fourth-order valence-corrected chi connectivity index (χ4v) is 3.10. The van der Waals surface area contributed by atoms with Gasteiger partial charge in [0.2, 0.25) is 0 Å². The highest BCUT2D eigenvalue weighted by Gasteiger charge is 2.38. The van der Waals surface area contributed by atoms with E-state index in [9.17, 15) is 5.26 Å². The molecule has 1 aliphatic heterocycles. The van der Waals surface area contributed by atoms with Gasteiger partial charge in [-0.05, 0) is 18.2 Å². The first-order valence-corrected chi connectivity index (χ1v) is 7.31. The van der Waals surface area contributed by atoms with Crippen LogP contribution in [0.15, 0.2) is 60.8 Å². The first-order chi connectivity index (χ1) is 10.9. The van der Waals surface area contributed by atoms with Crippen LogP contribution in [0.2, 0.25) is 0 Å². The van der Waals surface area contributed by atoms with Crippen LogP contribution in [-0.4, -0.2) is 11.6 Å².